The molecule has 7 heteroatoms. The number of methoxy groups -OCH3 is 1. The molecule has 0 bridgehead atoms. The highest BCUT2D eigenvalue weighted by Gasteiger charge is 2.15. The van der Waals surface area contributed by atoms with Gasteiger partial charge in [-0.25, -0.2) is 4.79 Å². The Labute approximate surface area is 115 Å². The van der Waals surface area contributed by atoms with E-state index in [1.165, 1.54) is 18.9 Å². The van der Waals surface area contributed by atoms with Gasteiger partial charge in [-0.15, -0.1) is 10.2 Å². The van der Waals surface area contributed by atoms with Crippen molar-refractivity contribution in [2.24, 2.45) is 7.05 Å². The maximum atomic E-state index is 11.6. The fourth-order valence-corrected chi connectivity index (χ4v) is 2.41. The number of nitrogens with zero attached hydrogens (tertiary/aromatic N) is 3. The van der Waals surface area contributed by atoms with Crippen LogP contribution in [0.1, 0.15) is 16.2 Å². The van der Waals surface area contributed by atoms with E-state index in [9.17, 15) is 4.79 Å². The van der Waals surface area contributed by atoms with Gasteiger partial charge in [0.25, 0.3) is 0 Å². The number of ether oxygens (including phenoxy) is 1. The lowest BCUT2D eigenvalue weighted by atomic mass is 10.2. The van der Waals surface area contributed by atoms with Gasteiger partial charge in [-0.1, -0.05) is 6.07 Å². The summed E-state index contributed by atoms with van der Waals surface area (Å²) in [6, 6.07) is 5.22. The number of rotatable bonds is 3. The van der Waals surface area contributed by atoms with E-state index in [-0.39, 0.29) is 0 Å². The van der Waals surface area contributed by atoms with Crippen LogP contribution in [0.2, 0.25) is 0 Å². The predicted molar refractivity (Wildman–Crippen MR) is 72.1 cm³/mol. The maximum Gasteiger partial charge on any atom is 0.339 e. The zero-order valence-corrected chi connectivity index (χ0v) is 11.7. The molecule has 2 rings (SSSR count). The van der Waals surface area contributed by atoms with E-state index in [4.69, 9.17) is 5.73 Å². The van der Waals surface area contributed by atoms with Crippen molar-refractivity contribution >= 4 is 23.4 Å². The summed E-state index contributed by atoms with van der Waals surface area (Å²) in [5, 5.41) is 8.74. The van der Waals surface area contributed by atoms with Gasteiger partial charge in [-0.05, 0) is 30.8 Å². The lowest BCUT2D eigenvalue weighted by Crippen LogP contribution is -2.06. The molecule has 0 fully saturated rings. The highest BCUT2D eigenvalue weighted by molar-refractivity contribution is 7.99. The van der Waals surface area contributed by atoms with E-state index in [1.807, 2.05) is 24.6 Å². The topological polar surface area (TPSA) is 83.0 Å². The van der Waals surface area contributed by atoms with Gasteiger partial charge in [0.2, 0.25) is 0 Å². The summed E-state index contributed by atoms with van der Waals surface area (Å²) in [5.41, 5.74) is 6.73. The van der Waals surface area contributed by atoms with Crippen molar-refractivity contribution in [2.45, 2.75) is 17.0 Å². The van der Waals surface area contributed by atoms with Gasteiger partial charge < -0.3 is 15.0 Å². The number of benzene rings is 1. The summed E-state index contributed by atoms with van der Waals surface area (Å²) < 4.78 is 6.54. The van der Waals surface area contributed by atoms with Crippen molar-refractivity contribution in [3.63, 3.8) is 0 Å². The van der Waals surface area contributed by atoms with Crippen molar-refractivity contribution in [3.8, 4) is 0 Å². The minimum Gasteiger partial charge on any atom is -0.465 e. The van der Waals surface area contributed by atoms with Crippen LogP contribution in [0.15, 0.2) is 28.3 Å². The summed E-state index contributed by atoms with van der Waals surface area (Å²) in [6.07, 6.45) is 0. The van der Waals surface area contributed by atoms with Gasteiger partial charge in [0, 0.05) is 11.9 Å². The van der Waals surface area contributed by atoms with E-state index in [2.05, 4.69) is 14.9 Å². The van der Waals surface area contributed by atoms with E-state index >= 15 is 0 Å². The molecule has 0 radical (unpaired) electrons. The Hall–Kier alpha value is -2.02. The number of anilines is 1. The molecule has 0 saturated heterocycles. The highest BCUT2D eigenvalue weighted by atomic mass is 32.2. The molecule has 0 spiro atoms. The molecular formula is C12H14N4O2S. The van der Waals surface area contributed by atoms with Crippen LogP contribution < -0.4 is 5.73 Å². The summed E-state index contributed by atoms with van der Waals surface area (Å²) in [4.78, 5) is 12.3. The second kappa shape index (κ2) is 5.31. The van der Waals surface area contributed by atoms with Crippen molar-refractivity contribution in [1.82, 2.24) is 14.8 Å². The molecule has 0 aliphatic rings. The average Bonchev–Trinajstić information content (AvgIpc) is 2.72. The number of hydrogen-bond acceptors (Lipinski definition) is 6. The third-order valence-corrected chi connectivity index (χ3v) is 3.84. The molecule has 2 aromatic rings. The molecule has 0 unspecified atom stereocenters. The van der Waals surface area contributed by atoms with Crippen molar-refractivity contribution in [2.75, 3.05) is 12.8 Å². The van der Waals surface area contributed by atoms with Crippen LogP contribution >= 0.6 is 11.8 Å². The molecule has 0 saturated carbocycles. The van der Waals surface area contributed by atoms with Gasteiger partial charge in [0.15, 0.2) is 5.16 Å². The average molecular weight is 278 g/mol. The Kier molecular flexibility index (Phi) is 3.75. The zero-order valence-electron chi connectivity index (χ0n) is 10.9. The maximum absolute atomic E-state index is 11.6. The predicted octanol–water partition coefficient (Wildman–Crippen LogP) is 1.64. The molecule has 0 atom stereocenters. The second-order valence-electron chi connectivity index (χ2n) is 3.90. The van der Waals surface area contributed by atoms with Crippen molar-refractivity contribution in [1.29, 1.82) is 0 Å². The first-order valence-corrected chi connectivity index (χ1v) is 6.37. The van der Waals surface area contributed by atoms with Crippen LogP contribution in [0, 0.1) is 6.92 Å². The van der Waals surface area contributed by atoms with Crippen LogP contribution in [-0.4, -0.2) is 27.8 Å². The van der Waals surface area contributed by atoms with Crippen LogP contribution in [0.3, 0.4) is 0 Å². The lowest BCUT2D eigenvalue weighted by Gasteiger charge is -2.08. The van der Waals surface area contributed by atoms with Gasteiger partial charge >= 0.3 is 5.97 Å². The Morgan fingerprint density at radius 3 is 2.74 bits per heavy atom. The standard InChI is InChI=1S/C12H14N4O2S/c1-7-14-15-12(16(7)2)19-9-6-4-5-8(10(9)13)11(17)18-3/h4-6H,13H2,1-3H3. The van der Waals surface area contributed by atoms with Gasteiger partial charge in [-0.3, -0.25) is 0 Å². The van der Waals surface area contributed by atoms with Gasteiger partial charge in [0.05, 0.1) is 18.4 Å². The van der Waals surface area contributed by atoms with Gasteiger partial charge in [0.1, 0.15) is 5.82 Å². The Bertz CT molecular complexity index is 624. The van der Waals surface area contributed by atoms with Gasteiger partial charge in [-0.2, -0.15) is 0 Å². The number of nitrogen functional groups attached to an aromatic ring is 1. The molecule has 100 valence electrons. The molecule has 2 N–H and O–H groups in total. The highest BCUT2D eigenvalue weighted by Crippen LogP contribution is 2.32. The minimum atomic E-state index is -0.450. The fraction of sp³-hybridized carbons (Fsp3) is 0.250. The molecule has 0 amide bonds. The number of carbonyl (C=O) groups is 1. The first-order chi connectivity index (χ1) is 9.04. The van der Waals surface area contributed by atoms with Crippen LogP contribution in [-0.2, 0) is 11.8 Å². The lowest BCUT2D eigenvalue weighted by molar-refractivity contribution is 0.0601. The van der Waals surface area contributed by atoms with E-state index < -0.39 is 5.97 Å². The molecule has 1 aromatic heterocycles. The largest absolute Gasteiger partial charge is 0.465 e. The van der Waals surface area contributed by atoms with E-state index in [0.717, 1.165) is 10.7 Å². The molecule has 0 aliphatic carbocycles. The summed E-state index contributed by atoms with van der Waals surface area (Å²) in [5.74, 6) is 0.360. The molecule has 6 nitrogen and oxygen atoms in total. The number of aryl methyl sites for hydroxylation is 1. The molecule has 19 heavy (non-hydrogen) atoms. The summed E-state index contributed by atoms with van der Waals surface area (Å²) >= 11 is 1.36. The minimum absolute atomic E-state index is 0.353. The summed E-state index contributed by atoms with van der Waals surface area (Å²) in [7, 11) is 3.20. The third-order valence-electron chi connectivity index (χ3n) is 2.73. The first-order valence-electron chi connectivity index (χ1n) is 5.55. The second-order valence-corrected chi connectivity index (χ2v) is 4.91. The number of aromatic nitrogens is 3. The van der Waals surface area contributed by atoms with Crippen LogP contribution in [0.5, 0.6) is 0 Å². The summed E-state index contributed by atoms with van der Waals surface area (Å²) in [6.45, 7) is 1.87. The third kappa shape index (κ3) is 2.55. The first kappa shape index (κ1) is 13.4. The Morgan fingerprint density at radius 2 is 2.16 bits per heavy atom. The molecule has 0 aliphatic heterocycles. The van der Waals surface area contributed by atoms with Crippen molar-refractivity contribution in [3.05, 3.63) is 29.6 Å². The number of esters is 1. The monoisotopic (exact) mass is 278 g/mol. The number of nitrogens with two attached hydrogens (primary N) is 1. The molecule has 1 aromatic carbocycles. The number of hydrogen-bond donors (Lipinski definition) is 1. The van der Waals surface area contributed by atoms with Crippen molar-refractivity contribution < 1.29 is 9.53 Å². The smallest absolute Gasteiger partial charge is 0.339 e. The molecule has 1 heterocycles. The van der Waals surface area contributed by atoms with Crippen LogP contribution in [0.4, 0.5) is 5.69 Å². The van der Waals surface area contributed by atoms with E-state index in [0.29, 0.717) is 16.4 Å². The fourth-order valence-electron chi connectivity index (χ4n) is 1.50. The van der Waals surface area contributed by atoms with E-state index in [1.54, 1.807) is 12.1 Å². The zero-order chi connectivity index (χ0) is 14.0. The Balaban J connectivity index is 2.36. The van der Waals surface area contributed by atoms with Crippen LogP contribution in [0.25, 0.3) is 0 Å². The number of para-hydroxylation sites is 1. The normalized spacial score (nSPS) is 10.5. The quantitative estimate of drug-likeness (QED) is 0.679. The Morgan fingerprint density at radius 1 is 1.42 bits per heavy atom. The molecular weight excluding hydrogens is 264 g/mol. The number of carbonyl (C=O) groups excluding carboxylic acids is 1. The SMILES string of the molecule is COC(=O)c1cccc(Sc2nnc(C)n2C)c1N.